The molecule has 0 radical (unpaired) electrons. The van der Waals surface area contributed by atoms with E-state index in [4.69, 9.17) is 5.11 Å². The van der Waals surface area contributed by atoms with Gasteiger partial charge < -0.3 is 5.11 Å². The first kappa shape index (κ1) is 13.2. The van der Waals surface area contributed by atoms with E-state index in [0.29, 0.717) is 20.1 Å². The molecule has 2 aromatic rings. The first-order valence-corrected chi connectivity index (χ1v) is 6.56. The second kappa shape index (κ2) is 5.20. The van der Waals surface area contributed by atoms with Crippen molar-refractivity contribution in [1.82, 2.24) is 0 Å². The van der Waals surface area contributed by atoms with Crippen LogP contribution in [0.25, 0.3) is 11.1 Å². The van der Waals surface area contributed by atoms with Gasteiger partial charge in [0, 0.05) is 10.0 Å². The van der Waals surface area contributed by atoms with Gasteiger partial charge in [-0.2, -0.15) is 0 Å². The molecule has 0 aliphatic carbocycles. The number of halogens is 3. The SMILES string of the molecule is O=C(O)c1cc(-c2cccc(Br)c2F)ccc1Br. The van der Waals surface area contributed by atoms with Crippen LogP contribution < -0.4 is 0 Å². The molecule has 0 heterocycles. The maximum Gasteiger partial charge on any atom is 0.336 e. The molecule has 2 aromatic carbocycles. The van der Waals surface area contributed by atoms with Crippen molar-refractivity contribution in [3.63, 3.8) is 0 Å². The summed E-state index contributed by atoms with van der Waals surface area (Å²) in [5.74, 6) is -1.46. The van der Waals surface area contributed by atoms with Gasteiger partial charge in [0.2, 0.25) is 0 Å². The fourth-order valence-electron chi connectivity index (χ4n) is 1.58. The maximum atomic E-state index is 13.9. The van der Waals surface area contributed by atoms with Crippen molar-refractivity contribution in [2.45, 2.75) is 0 Å². The van der Waals surface area contributed by atoms with E-state index >= 15 is 0 Å². The molecular weight excluding hydrogens is 367 g/mol. The summed E-state index contributed by atoms with van der Waals surface area (Å²) in [7, 11) is 0. The molecule has 0 aliphatic rings. The summed E-state index contributed by atoms with van der Waals surface area (Å²) < 4.78 is 14.7. The van der Waals surface area contributed by atoms with Crippen molar-refractivity contribution in [2.24, 2.45) is 0 Å². The Morgan fingerprint density at radius 3 is 2.50 bits per heavy atom. The molecule has 0 saturated carbocycles. The van der Waals surface area contributed by atoms with E-state index in [-0.39, 0.29) is 5.56 Å². The number of carbonyl (C=O) groups is 1. The predicted molar refractivity (Wildman–Crippen MR) is 74.2 cm³/mol. The van der Waals surface area contributed by atoms with Crippen LogP contribution in [0.4, 0.5) is 4.39 Å². The van der Waals surface area contributed by atoms with Crippen molar-refractivity contribution in [2.75, 3.05) is 0 Å². The molecule has 0 fully saturated rings. The molecule has 0 aliphatic heterocycles. The molecule has 2 nitrogen and oxygen atoms in total. The second-order valence-corrected chi connectivity index (χ2v) is 5.31. The molecule has 18 heavy (non-hydrogen) atoms. The van der Waals surface area contributed by atoms with Crippen LogP contribution in [0.2, 0.25) is 0 Å². The summed E-state index contributed by atoms with van der Waals surface area (Å²) in [6, 6.07) is 9.60. The van der Waals surface area contributed by atoms with E-state index in [0.717, 1.165) is 0 Å². The minimum absolute atomic E-state index is 0.104. The Bertz CT molecular complexity index is 626. The molecule has 0 bridgehead atoms. The lowest BCUT2D eigenvalue weighted by Gasteiger charge is -2.07. The van der Waals surface area contributed by atoms with E-state index in [1.54, 1.807) is 30.3 Å². The van der Waals surface area contributed by atoms with Crippen molar-refractivity contribution in [3.8, 4) is 11.1 Å². The number of rotatable bonds is 2. The molecule has 1 N–H and O–H groups in total. The summed E-state index contributed by atoms with van der Waals surface area (Å²) >= 11 is 6.26. The largest absolute Gasteiger partial charge is 0.478 e. The maximum absolute atomic E-state index is 13.9. The third kappa shape index (κ3) is 2.47. The van der Waals surface area contributed by atoms with Gasteiger partial charge in [-0.1, -0.05) is 18.2 Å². The quantitative estimate of drug-likeness (QED) is 0.827. The van der Waals surface area contributed by atoms with Crippen molar-refractivity contribution in [1.29, 1.82) is 0 Å². The number of carboxylic acids is 1. The van der Waals surface area contributed by atoms with Gasteiger partial charge in [0.15, 0.2) is 0 Å². The molecule has 0 spiro atoms. The second-order valence-electron chi connectivity index (χ2n) is 3.60. The lowest BCUT2D eigenvalue weighted by molar-refractivity contribution is 0.0696. The highest BCUT2D eigenvalue weighted by Gasteiger charge is 2.13. The van der Waals surface area contributed by atoms with Crippen LogP contribution in [-0.4, -0.2) is 11.1 Å². The van der Waals surface area contributed by atoms with Crippen molar-refractivity contribution in [3.05, 3.63) is 56.7 Å². The molecule has 0 atom stereocenters. The Morgan fingerprint density at radius 1 is 1.11 bits per heavy atom. The summed E-state index contributed by atoms with van der Waals surface area (Å²) in [5, 5.41) is 9.03. The highest BCUT2D eigenvalue weighted by molar-refractivity contribution is 9.10. The lowest BCUT2D eigenvalue weighted by atomic mass is 10.0. The average Bonchev–Trinajstić information content (AvgIpc) is 2.33. The number of hydrogen-bond donors (Lipinski definition) is 1. The third-order valence-electron chi connectivity index (χ3n) is 2.46. The summed E-state index contributed by atoms with van der Waals surface area (Å²) in [6.07, 6.45) is 0. The Hall–Kier alpha value is -1.20. The number of benzene rings is 2. The van der Waals surface area contributed by atoms with E-state index in [1.807, 2.05) is 0 Å². The summed E-state index contributed by atoms with van der Waals surface area (Å²) in [6.45, 7) is 0. The monoisotopic (exact) mass is 372 g/mol. The molecule has 0 saturated heterocycles. The number of hydrogen-bond acceptors (Lipinski definition) is 1. The van der Waals surface area contributed by atoms with E-state index in [2.05, 4.69) is 31.9 Å². The standard InChI is InChI=1S/C13H7Br2FO2/c14-10-5-4-7(6-9(10)13(17)18)8-2-1-3-11(15)12(8)16/h1-6H,(H,17,18). The lowest BCUT2D eigenvalue weighted by Crippen LogP contribution is -1.98. The van der Waals surface area contributed by atoms with Gasteiger partial charge in [0.05, 0.1) is 10.0 Å². The Balaban J connectivity index is 2.62. The van der Waals surface area contributed by atoms with Gasteiger partial charge in [0.25, 0.3) is 0 Å². The van der Waals surface area contributed by atoms with Crippen LogP contribution >= 0.6 is 31.9 Å². The topological polar surface area (TPSA) is 37.3 Å². The molecule has 0 unspecified atom stereocenters. The summed E-state index contributed by atoms with van der Waals surface area (Å²) in [5.41, 5.74) is 0.987. The van der Waals surface area contributed by atoms with Crippen LogP contribution in [0.15, 0.2) is 45.3 Å². The molecule has 0 aromatic heterocycles. The molecular formula is C13H7Br2FO2. The number of aromatic carboxylic acids is 1. The minimum atomic E-state index is -1.06. The number of carboxylic acid groups (broad SMARTS) is 1. The summed E-state index contributed by atoms with van der Waals surface area (Å²) in [4.78, 5) is 11.0. The molecule has 2 rings (SSSR count). The highest BCUT2D eigenvalue weighted by Crippen LogP contribution is 2.30. The molecule has 5 heteroatoms. The Morgan fingerprint density at radius 2 is 1.83 bits per heavy atom. The van der Waals surface area contributed by atoms with Gasteiger partial charge in [-0.25, -0.2) is 9.18 Å². The van der Waals surface area contributed by atoms with Crippen LogP contribution in [0.3, 0.4) is 0 Å². The van der Waals surface area contributed by atoms with Crippen LogP contribution in [0.1, 0.15) is 10.4 Å². The fourth-order valence-corrected chi connectivity index (χ4v) is 2.37. The first-order valence-electron chi connectivity index (χ1n) is 4.98. The first-order chi connectivity index (χ1) is 8.50. The van der Waals surface area contributed by atoms with Gasteiger partial charge in [-0.05, 0) is 55.6 Å². The van der Waals surface area contributed by atoms with E-state index in [9.17, 15) is 9.18 Å². The van der Waals surface area contributed by atoms with Gasteiger partial charge >= 0.3 is 5.97 Å². The van der Waals surface area contributed by atoms with Crippen molar-refractivity contribution >= 4 is 37.8 Å². The predicted octanol–water partition coefficient (Wildman–Crippen LogP) is 4.72. The third-order valence-corrected chi connectivity index (χ3v) is 3.76. The van der Waals surface area contributed by atoms with Crippen LogP contribution in [0, 0.1) is 5.82 Å². The van der Waals surface area contributed by atoms with E-state index < -0.39 is 11.8 Å². The minimum Gasteiger partial charge on any atom is -0.478 e. The smallest absolute Gasteiger partial charge is 0.336 e. The fraction of sp³-hybridized carbons (Fsp3) is 0. The van der Waals surface area contributed by atoms with Crippen LogP contribution in [0.5, 0.6) is 0 Å². The average molecular weight is 374 g/mol. The zero-order valence-corrected chi connectivity index (χ0v) is 12.1. The molecule has 92 valence electrons. The van der Waals surface area contributed by atoms with Crippen molar-refractivity contribution < 1.29 is 14.3 Å². The Labute approximate surface area is 120 Å². The van der Waals surface area contributed by atoms with Gasteiger partial charge in [-0.3, -0.25) is 0 Å². The van der Waals surface area contributed by atoms with E-state index in [1.165, 1.54) is 6.07 Å². The normalized spacial score (nSPS) is 10.4. The zero-order chi connectivity index (χ0) is 13.3. The van der Waals surface area contributed by atoms with Gasteiger partial charge in [0.1, 0.15) is 5.82 Å². The Kier molecular flexibility index (Phi) is 3.82. The zero-order valence-electron chi connectivity index (χ0n) is 8.95. The molecule has 0 amide bonds. The van der Waals surface area contributed by atoms with Crippen LogP contribution in [-0.2, 0) is 0 Å². The highest BCUT2D eigenvalue weighted by atomic mass is 79.9. The van der Waals surface area contributed by atoms with Gasteiger partial charge in [-0.15, -0.1) is 0 Å².